The summed E-state index contributed by atoms with van der Waals surface area (Å²) in [6, 6.07) is 3.12. The topological polar surface area (TPSA) is 577 Å². The normalized spacial score (nSPS) is 45.9. The van der Waals surface area contributed by atoms with Gasteiger partial charge in [-0.05, 0) is 38.0 Å². The number of ether oxygens (including phenoxy) is 14. The molecule has 0 aromatic heterocycles. The van der Waals surface area contributed by atoms with Crippen LogP contribution in [0.15, 0.2) is 29.2 Å². The zero-order valence-electron chi connectivity index (χ0n) is 49.0. The molecule has 20 N–H and O–H groups in total. The van der Waals surface area contributed by atoms with Gasteiger partial charge in [0.2, 0.25) is 0 Å². The van der Waals surface area contributed by atoms with Crippen molar-refractivity contribution in [3.8, 4) is 0 Å². The fourth-order valence-corrected chi connectivity index (χ4v) is 13.3. The average Bonchev–Trinajstić information content (AvgIpc) is 1.07. The van der Waals surface area contributed by atoms with Gasteiger partial charge in [0.15, 0.2) is 50.1 Å². The third kappa shape index (κ3) is 16.1. The molecule has 0 aliphatic carbocycles. The van der Waals surface area contributed by atoms with Crippen LogP contribution in [-0.2, 0) is 80.6 Å². The number of aliphatic hydroxyl groups excluding tert-OH is 20. The number of hydrogen-bond acceptors (Lipinski definition) is 37. The standard InChI is InChI=1S/C53H84O37S/c1-17-8-18(2)47(19(3)9-17)91(74,75)90-46-40(73)45(27(16-61)84-53(46)78-20-4-5-28(76-7-6-54)77-21(20)10-55)89-52-39(72)34(67)44(26(15-60)83-52)88-51-38(71)33(66)43(25(14-59)82-51)87-50-37(70)32(65)42(24(13-58)81-50)86-49-36(69)31(64)41(23(12-57)80-49)85-48-35(68)30(63)29(62)22(11-56)79-48/h4-5,8-9,20-46,48-73H,6-7,10-16H2,1-3H3/t20-,21+,22+,23+,24+,25+,26+,27+,28-,29+,30-,31+,32+,33+,34+,35+,36+,37+,38+,39+,40-,41+,42+,43+,44+,45+,46+,48+,49+,50+,51+,52+,53-/m0/s1. The molecule has 37 nitrogen and oxygen atoms in total. The van der Waals surface area contributed by atoms with Crippen molar-refractivity contribution in [2.75, 3.05) is 59.5 Å². The van der Waals surface area contributed by atoms with Gasteiger partial charge in [-0.1, -0.05) is 23.8 Å². The van der Waals surface area contributed by atoms with Gasteiger partial charge in [-0.2, -0.15) is 8.42 Å². The van der Waals surface area contributed by atoms with Crippen molar-refractivity contribution in [3.05, 3.63) is 41.0 Å². The highest BCUT2D eigenvalue weighted by atomic mass is 32.2. The van der Waals surface area contributed by atoms with Crippen molar-refractivity contribution in [2.45, 2.75) is 228 Å². The molecule has 7 aliphatic heterocycles. The lowest BCUT2D eigenvalue weighted by molar-refractivity contribution is -0.396. The molecule has 91 heavy (non-hydrogen) atoms. The van der Waals surface area contributed by atoms with Gasteiger partial charge in [-0.3, -0.25) is 4.18 Å². The summed E-state index contributed by atoms with van der Waals surface area (Å²) in [5, 5.41) is 215. The summed E-state index contributed by atoms with van der Waals surface area (Å²) >= 11 is 0. The predicted molar refractivity (Wildman–Crippen MR) is 286 cm³/mol. The maximum absolute atomic E-state index is 14.2. The second-order valence-corrected chi connectivity index (χ2v) is 24.3. The third-order valence-corrected chi connectivity index (χ3v) is 18.1. The van der Waals surface area contributed by atoms with E-state index in [0.717, 1.165) is 0 Å². The lowest BCUT2D eigenvalue weighted by Crippen LogP contribution is -2.68. The molecule has 8 rings (SSSR count). The van der Waals surface area contributed by atoms with Crippen molar-refractivity contribution in [3.63, 3.8) is 0 Å². The summed E-state index contributed by atoms with van der Waals surface area (Å²) in [6.07, 6.45) is -60.1. The SMILES string of the molecule is Cc1cc(C)c(S(=O)(=O)O[C@H]2[C@@H](O[C@H]3C=C[C@@H](OCCO)O[C@@H]3CO)O[C@H](CO)[C@@H](O[C@H]3O[C@H](CO)[C@@H](O[C@H]4O[C@H](CO)[C@@H](O[C@H]5O[C@H](CO)[C@@H](O[C@H]6O[C@H](CO)[C@@H](O[C@H]7O[C@H](CO)[C@@H](O)[C@H](O)[C@H]7O)[C@H](O)[C@H]6O)[C@H](O)[C@H]5O)[C@H](O)[C@H]4O)[C@H](O)[C@H]3O)[C@@H]2O)c(C)c1. The van der Waals surface area contributed by atoms with Crippen LogP contribution >= 0.6 is 0 Å². The maximum atomic E-state index is 14.2. The second kappa shape index (κ2) is 32.2. The monoisotopic (exact) mass is 1340 g/mol. The van der Waals surface area contributed by atoms with E-state index in [9.17, 15) is 111 Å². The van der Waals surface area contributed by atoms with E-state index in [2.05, 4.69) is 0 Å². The highest BCUT2D eigenvalue weighted by Crippen LogP contribution is 2.39. The molecule has 33 atom stereocenters. The first kappa shape index (κ1) is 74.3. The Labute approximate surface area is 518 Å². The summed E-state index contributed by atoms with van der Waals surface area (Å²) in [5.74, 6) is 0. The zero-order valence-corrected chi connectivity index (χ0v) is 49.8. The smallest absolute Gasteiger partial charge is 0.298 e. The van der Waals surface area contributed by atoms with Crippen LogP contribution in [0.5, 0.6) is 0 Å². The van der Waals surface area contributed by atoms with Gasteiger partial charge in [-0.25, -0.2) is 0 Å². The van der Waals surface area contributed by atoms with Crippen LogP contribution in [0.3, 0.4) is 0 Å². The largest absolute Gasteiger partial charge is 0.394 e. The van der Waals surface area contributed by atoms with E-state index in [-0.39, 0.29) is 29.2 Å². The van der Waals surface area contributed by atoms with E-state index < -0.39 is 259 Å². The van der Waals surface area contributed by atoms with Crippen LogP contribution in [0.4, 0.5) is 0 Å². The Morgan fingerprint density at radius 3 is 1.04 bits per heavy atom. The molecule has 0 radical (unpaired) electrons. The highest BCUT2D eigenvalue weighted by molar-refractivity contribution is 7.86. The number of hydrogen-bond donors (Lipinski definition) is 20. The number of aryl methyl sites for hydroxylation is 3. The van der Waals surface area contributed by atoms with E-state index in [4.69, 9.17) is 70.5 Å². The van der Waals surface area contributed by atoms with Gasteiger partial charge in [-0.15, -0.1) is 0 Å². The maximum Gasteiger partial charge on any atom is 0.298 e. The lowest BCUT2D eigenvalue weighted by atomic mass is 9.95. The summed E-state index contributed by atoms with van der Waals surface area (Å²) in [4.78, 5) is -0.293. The number of aliphatic hydroxyl groups is 20. The summed E-state index contributed by atoms with van der Waals surface area (Å²) in [5.41, 5.74) is 1.20. The van der Waals surface area contributed by atoms with Crippen LogP contribution in [0, 0.1) is 20.8 Å². The molecule has 7 aliphatic rings. The first-order valence-electron chi connectivity index (χ1n) is 29.1. The molecule has 524 valence electrons. The quantitative estimate of drug-likeness (QED) is 0.0319. The van der Waals surface area contributed by atoms with Crippen molar-refractivity contribution in [2.24, 2.45) is 0 Å². The van der Waals surface area contributed by atoms with E-state index in [1.807, 2.05) is 0 Å². The molecule has 6 fully saturated rings. The Balaban J connectivity index is 0.917. The van der Waals surface area contributed by atoms with Gasteiger partial charge in [0.1, 0.15) is 153 Å². The minimum atomic E-state index is -4.88. The molecule has 6 saturated heterocycles. The molecule has 1 aromatic rings. The summed E-state index contributed by atoms with van der Waals surface area (Å²) < 4.78 is 114. The van der Waals surface area contributed by atoms with Crippen molar-refractivity contribution in [1.82, 2.24) is 0 Å². The average molecular weight is 1350 g/mol. The van der Waals surface area contributed by atoms with E-state index in [1.54, 1.807) is 19.1 Å². The van der Waals surface area contributed by atoms with Crippen molar-refractivity contribution >= 4 is 10.1 Å². The van der Waals surface area contributed by atoms with Crippen LogP contribution < -0.4 is 0 Å². The van der Waals surface area contributed by atoms with E-state index >= 15 is 0 Å². The molecular formula is C53H84O37S. The second-order valence-electron chi connectivity index (χ2n) is 22.8. The van der Waals surface area contributed by atoms with Gasteiger partial charge < -0.3 is 168 Å². The molecule has 38 heteroatoms. The highest BCUT2D eigenvalue weighted by Gasteiger charge is 2.59. The van der Waals surface area contributed by atoms with Gasteiger partial charge in [0.05, 0.1) is 64.4 Å². The van der Waals surface area contributed by atoms with E-state index in [0.29, 0.717) is 5.56 Å². The molecule has 1 aromatic carbocycles. The molecule has 0 bridgehead atoms. The van der Waals surface area contributed by atoms with Crippen molar-refractivity contribution in [1.29, 1.82) is 0 Å². The Hall–Kier alpha value is -2.49. The Kier molecular flexibility index (Phi) is 26.3. The van der Waals surface area contributed by atoms with Crippen molar-refractivity contribution < 1.29 is 181 Å². The Morgan fingerprint density at radius 2 is 0.692 bits per heavy atom. The summed E-state index contributed by atoms with van der Waals surface area (Å²) in [7, 11) is -4.88. The Bertz CT molecular complexity index is 2550. The minimum absolute atomic E-state index is 0.146. The first-order chi connectivity index (χ1) is 43.2. The lowest BCUT2D eigenvalue weighted by Gasteiger charge is -2.50. The number of rotatable bonds is 25. The Morgan fingerprint density at radius 1 is 0.363 bits per heavy atom. The fraction of sp³-hybridized carbons (Fsp3) is 0.849. The van der Waals surface area contributed by atoms with Crippen LogP contribution in [-0.4, -0.2) is 373 Å². The fourth-order valence-electron chi connectivity index (χ4n) is 11.8. The zero-order chi connectivity index (χ0) is 66.7. The van der Waals surface area contributed by atoms with Gasteiger partial charge in [0, 0.05) is 0 Å². The van der Waals surface area contributed by atoms with Crippen LogP contribution in [0.25, 0.3) is 0 Å². The molecule has 0 amide bonds. The number of benzene rings is 1. The minimum Gasteiger partial charge on any atom is -0.394 e. The molecular weight excluding hydrogens is 1260 g/mol. The van der Waals surface area contributed by atoms with Gasteiger partial charge >= 0.3 is 0 Å². The molecule has 0 saturated carbocycles. The van der Waals surface area contributed by atoms with Crippen LogP contribution in [0.1, 0.15) is 16.7 Å². The molecule has 0 spiro atoms. The van der Waals surface area contributed by atoms with Crippen LogP contribution in [0.2, 0.25) is 0 Å². The predicted octanol–water partition coefficient (Wildman–Crippen LogP) is -12.1. The molecule has 7 heterocycles. The molecule has 0 unspecified atom stereocenters. The third-order valence-electron chi connectivity index (χ3n) is 16.5. The first-order valence-corrected chi connectivity index (χ1v) is 30.5. The summed E-state index contributed by atoms with van der Waals surface area (Å²) in [6.45, 7) is -2.58. The van der Waals surface area contributed by atoms with Gasteiger partial charge in [0.25, 0.3) is 10.1 Å². The van der Waals surface area contributed by atoms with E-state index in [1.165, 1.54) is 26.0 Å².